The number of nitrogens with one attached hydrogen (secondary N) is 1. The number of hydrogen-bond acceptors (Lipinski definition) is 5. The van der Waals surface area contributed by atoms with Gasteiger partial charge in [0.25, 0.3) is 0 Å². The summed E-state index contributed by atoms with van der Waals surface area (Å²) < 4.78 is 0.640. The van der Waals surface area contributed by atoms with E-state index in [9.17, 15) is 0 Å². The molecule has 0 bridgehead atoms. The molecule has 0 spiro atoms. The third-order valence-corrected chi connectivity index (χ3v) is 2.65. The fraction of sp³-hybridized carbons (Fsp3) is 0.500. The summed E-state index contributed by atoms with van der Waals surface area (Å²) in [6.45, 7) is 0.1000. The van der Waals surface area contributed by atoms with Crippen molar-refractivity contribution in [2.75, 3.05) is 17.7 Å². The largest absolute Gasteiger partial charge is 0.394 e. The molecule has 0 amide bonds. The van der Waals surface area contributed by atoms with Gasteiger partial charge in [-0.05, 0) is 28.8 Å². The van der Waals surface area contributed by atoms with Gasteiger partial charge in [-0.25, -0.2) is 4.98 Å². The van der Waals surface area contributed by atoms with Crippen LogP contribution in [0.3, 0.4) is 0 Å². The van der Waals surface area contributed by atoms with Gasteiger partial charge in [-0.1, -0.05) is 0 Å². The molecule has 1 aliphatic carbocycles. The highest BCUT2D eigenvalue weighted by molar-refractivity contribution is 9.10. The molecule has 14 heavy (non-hydrogen) atoms. The second-order valence-electron chi connectivity index (χ2n) is 3.50. The van der Waals surface area contributed by atoms with Gasteiger partial charge < -0.3 is 16.2 Å². The topological polar surface area (TPSA) is 84.1 Å². The van der Waals surface area contributed by atoms with Gasteiger partial charge in [-0.2, -0.15) is 4.98 Å². The maximum atomic E-state index is 9.10. The van der Waals surface area contributed by atoms with Gasteiger partial charge >= 0.3 is 0 Å². The molecule has 0 radical (unpaired) electrons. The number of halogens is 1. The Morgan fingerprint density at radius 2 is 2.29 bits per heavy atom. The summed E-state index contributed by atoms with van der Waals surface area (Å²) in [7, 11) is 0. The highest BCUT2D eigenvalue weighted by Crippen LogP contribution is 2.37. The van der Waals surface area contributed by atoms with E-state index in [-0.39, 0.29) is 12.1 Å². The second kappa shape index (κ2) is 3.36. The van der Waals surface area contributed by atoms with E-state index < -0.39 is 0 Å². The Morgan fingerprint density at radius 1 is 1.57 bits per heavy atom. The molecule has 1 aromatic rings. The van der Waals surface area contributed by atoms with Crippen molar-refractivity contribution >= 4 is 27.7 Å². The van der Waals surface area contributed by atoms with Gasteiger partial charge in [0.2, 0.25) is 5.95 Å². The first-order valence-corrected chi connectivity index (χ1v) is 5.12. The number of nitrogens with two attached hydrogens (primary N) is 1. The first kappa shape index (κ1) is 9.67. The van der Waals surface area contributed by atoms with Crippen LogP contribution in [-0.4, -0.2) is 27.2 Å². The molecule has 0 saturated heterocycles. The van der Waals surface area contributed by atoms with Gasteiger partial charge in [0.1, 0.15) is 10.4 Å². The Morgan fingerprint density at radius 3 is 2.79 bits per heavy atom. The molecule has 2 rings (SSSR count). The molecule has 1 fully saturated rings. The van der Waals surface area contributed by atoms with Gasteiger partial charge in [0.05, 0.1) is 12.1 Å². The number of nitrogen functional groups attached to an aromatic ring is 1. The van der Waals surface area contributed by atoms with Crippen LogP contribution in [0, 0.1) is 0 Å². The van der Waals surface area contributed by atoms with E-state index >= 15 is 0 Å². The van der Waals surface area contributed by atoms with Crippen LogP contribution < -0.4 is 11.1 Å². The van der Waals surface area contributed by atoms with Crippen molar-refractivity contribution in [2.24, 2.45) is 0 Å². The molecule has 0 unspecified atom stereocenters. The molecular weight excluding hydrogens is 248 g/mol. The fourth-order valence-corrected chi connectivity index (χ4v) is 1.60. The van der Waals surface area contributed by atoms with Crippen molar-refractivity contribution in [1.29, 1.82) is 0 Å². The van der Waals surface area contributed by atoms with Crippen LogP contribution in [0.4, 0.5) is 11.8 Å². The Bertz CT molecular complexity index is 333. The predicted molar refractivity (Wildman–Crippen MR) is 56.8 cm³/mol. The summed E-state index contributed by atoms with van der Waals surface area (Å²) >= 11 is 3.23. The lowest BCUT2D eigenvalue weighted by Crippen LogP contribution is -2.26. The Hall–Kier alpha value is -0.880. The Kier molecular flexibility index (Phi) is 2.32. The summed E-state index contributed by atoms with van der Waals surface area (Å²) in [5, 5.41) is 12.2. The number of nitrogens with zero attached hydrogens (tertiary/aromatic N) is 2. The molecule has 1 aliphatic rings. The van der Waals surface area contributed by atoms with Crippen LogP contribution in [-0.2, 0) is 0 Å². The van der Waals surface area contributed by atoms with Gasteiger partial charge in [0.15, 0.2) is 0 Å². The van der Waals surface area contributed by atoms with Crippen molar-refractivity contribution in [3.8, 4) is 0 Å². The minimum atomic E-state index is -0.215. The van der Waals surface area contributed by atoms with E-state index in [1.807, 2.05) is 0 Å². The summed E-state index contributed by atoms with van der Waals surface area (Å²) in [4.78, 5) is 8.13. The lowest BCUT2D eigenvalue weighted by atomic mass is 10.3. The third kappa shape index (κ3) is 1.96. The lowest BCUT2D eigenvalue weighted by Gasteiger charge is -2.14. The molecular formula is C8H11BrN4O. The molecule has 76 valence electrons. The fourth-order valence-electron chi connectivity index (χ4n) is 1.20. The Balaban J connectivity index is 2.16. The summed E-state index contributed by atoms with van der Waals surface area (Å²) in [6.07, 6.45) is 1.89. The second-order valence-corrected chi connectivity index (χ2v) is 4.32. The van der Waals surface area contributed by atoms with Gasteiger partial charge in [0, 0.05) is 6.07 Å². The number of rotatable bonds is 3. The molecule has 4 N–H and O–H groups in total. The predicted octanol–water partition coefficient (Wildman–Crippen LogP) is 0.758. The zero-order valence-corrected chi connectivity index (χ0v) is 9.08. The van der Waals surface area contributed by atoms with Crippen molar-refractivity contribution in [3.63, 3.8) is 0 Å². The average Bonchev–Trinajstić information content (AvgIpc) is 2.83. The monoisotopic (exact) mass is 258 g/mol. The van der Waals surface area contributed by atoms with Crippen LogP contribution in [0.25, 0.3) is 0 Å². The first-order chi connectivity index (χ1) is 6.63. The number of aromatic nitrogens is 2. The Labute approximate surface area is 89.9 Å². The summed E-state index contributed by atoms with van der Waals surface area (Å²) in [6, 6.07) is 1.63. The van der Waals surface area contributed by atoms with Crippen LogP contribution in [0.15, 0.2) is 10.7 Å². The maximum Gasteiger partial charge on any atom is 0.226 e. The lowest BCUT2D eigenvalue weighted by molar-refractivity contribution is 0.265. The van der Waals surface area contributed by atoms with Crippen LogP contribution in [0.5, 0.6) is 0 Å². The van der Waals surface area contributed by atoms with E-state index in [1.54, 1.807) is 6.07 Å². The van der Waals surface area contributed by atoms with Crippen LogP contribution >= 0.6 is 15.9 Å². The van der Waals surface area contributed by atoms with Gasteiger partial charge in [-0.3, -0.25) is 0 Å². The minimum Gasteiger partial charge on any atom is -0.394 e. The van der Waals surface area contributed by atoms with Crippen LogP contribution in [0.1, 0.15) is 12.8 Å². The van der Waals surface area contributed by atoms with Crippen molar-refractivity contribution in [2.45, 2.75) is 18.4 Å². The van der Waals surface area contributed by atoms with E-state index in [2.05, 4.69) is 31.2 Å². The maximum absolute atomic E-state index is 9.10. The van der Waals surface area contributed by atoms with E-state index in [1.165, 1.54) is 0 Å². The molecule has 0 atom stereocenters. The molecule has 1 heterocycles. The molecule has 6 heteroatoms. The van der Waals surface area contributed by atoms with Gasteiger partial charge in [-0.15, -0.1) is 0 Å². The average molecular weight is 259 g/mol. The molecule has 5 nitrogen and oxygen atoms in total. The molecule has 1 aromatic heterocycles. The highest BCUT2D eigenvalue weighted by Gasteiger charge is 2.42. The molecule has 0 aliphatic heterocycles. The van der Waals surface area contributed by atoms with E-state index in [0.717, 1.165) is 12.8 Å². The zero-order valence-electron chi connectivity index (χ0n) is 7.50. The van der Waals surface area contributed by atoms with E-state index in [4.69, 9.17) is 10.8 Å². The standard InChI is InChI=1S/C8H11BrN4O/c9-5-3-6(10)12-7(11-5)13-8(4-14)1-2-8/h3,14H,1-2,4H2,(H3,10,11,12,13). The van der Waals surface area contributed by atoms with Crippen molar-refractivity contribution in [3.05, 3.63) is 10.7 Å². The minimum absolute atomic E-state index is 0.1000. The molecule has 1 saturated carbocycles. The normalized spacial score (nSPS) is 17.9. The van der Waals surface area contributed by atoms with Crippen molar-refractivity contribution < 1.29 is 5.11 Å². The number of aliphatic hydroxyl groups excluding tert-OH is 1. The molecule has 0 aromatic carbocycles. The number of hydrogen-bond donors (Lipinski definition) is 3. The summed E-state index contributed by atoms with van der Waals surface area (Å²) in [5.74, 6) is 0.867. The zero-order chi connectivity index (χ0) is 10.2. The highest BCUT2D eigenvalue weighted by atomic mass is 79.9. The van der Waals surface area contributed by atoms with Crippen LogP contribution in [0.2, 0.25) is 0 Å². The first-order valence-electron chi connectivity index (χ1n) is 4.33. The number of aliphatic hydroxyl groups is 1. The SMILES string of the molecule is Nc1cc(Br)nc(NC2(CO)CC2)n1. The summed E-state index contributed by atoms with van der Waals surface area (Å²) in [5.41, 5.74) is 5.34. The van der Waals surface area contributed by atoms with Crippen molar-refractivity contribution in [1.82, 2.24) is 9.97 Å². The quantitative estimate of drug-likeness (QED) is 0.698. The van der Waals surface area contributed by atoms with E-state index in [0.29, 0.717) is 16.4 Å². The smallest absolute Gasteiger partial charge is 0.226 e. The number of anilines is 2. The third-order valence-electron chi connectivity index (χ3n) is 2.25.